The summed E-state index contributed by atoms with van der Waals surface area (Å²) in [5.74, 6) is 0.0217. The van der Waals surface area contributed by atoms with Gasteiger partial charge in [-0.25, -0.2) is 9.37 Å². The molecule has 0 radical (unpaired) electrons. The third-order valence-corrected chi connectivity index (χ3v) is 5.45. The second-order valence-corrected chi connectivity index (χ2v) is 7.63. The van der Waals surface area contributed by atoms with E-state index < -0.39 is 0 Å². The van der Waals surface area contributed by atoms with Gasteiger partial charge >= 0.3 is 0 Å². The van der Waals surface area contributed by atoms with E-state index in [-0.39, 0.29) is 23.5 Å². The van der Waals surface area contributed by atoms with Crippen molar-refractivity contribution in [2.45, 2.75) is 39.4 Å². The lowest BCUT2D eigenvalue weighted by Crippen LogP contribution is -2.41. The highest BCUT2D eigenvalue weighted by molar-refractivity contribution is 5.91. The van der Waals surface area contributed by atoms with Gasteiger partial charge in [-0.05, 0) is 31.0 Å². The maximum absolute atomic E-state index is 13.2. The number of ether oxygens (including phenoxy) is 1. The predicted octanol–water partition coefficient (Wildman–Crippen LogP) is 2.68. The van der Waals surface area contributed by atoms with Crippen molar-refractivity contribution in [3.8, 4) is 0 Å². The van der Waals surface area contributed by atoms with Crippen LogP contribution in [0, 0.1) is 5.82 Å². The van der Waals surface area contributed by atoms with Crippen molar-refractivity contribution >= 4 is 5.91 Å². The molecule has 2 heterocycles. The van der Waals surface area contributed by atoms with Gasteiger partial charge < -0.3 is 14.5 Å². The van der Waals surface area contributed by atoms with Crippen molar-refractivity contribution in [1.82, 2.24) is 20.1 Å². The van der Waals surface area contributed by atoms with Crippen molar-refractivity contribution in [2.75, 3.05) is 39.4 Å². The van der Waals surface area contributed by atoms with Crippen molar-refractivity contribution in [2.24, 2.45) is 0 Å². The smallest absolute Gasteiger partial charge is 0.273 e. The second kappa shape index (κ2) is 11.2. The van der Waals surface area contributed by atoms with Gasteiger partial charge in [-0.2, -0.15) is 0 Å². The number of hydrogen-bond acceptors (Lipinski definition) is 6. The predicted molar refractivity (Wildman–Crippen MR) is 111 cm³/mol. The molecule has 1 aliphatic rings. The molecule has 1 N–H and O–H groups in total. The molecular formula is C22H31FN4O3. The highest BCUT2D eigenvalue weighted by Crippen LogP contribution is 2.15. The Morgan fingerprint density at radius 2 is 2.00 bits per heavy atom. The zero-order chi connectivity index (χ0) is 21.3. The molecule has 8 heteroatoms. The summed E-state index contributed by atoms with van der Waals surface area (Å²) in [4.78, 5) is 21.2. The van der Waals surface area contributed by atoms with Gasteiger partial charge in [0.15, 0.2) is 5.69 Å². The maximum Gasteiger partial charge on any atom is 0.273 e. The minimum atomic E-state index is -0.245. The number of carbonyl (C=O) groups is 1. The van der Waals surface area contributed by atoms with Crippen LogP contribution in [0.2, 0.25) is 0 Å². The number of nitrogens with one attached hydrogen (secondary N) is 1. The summed E-state index contributed by atoms with van der Waals surface area (Å²) in [6.45, 7) is 10.00. The largest absolute Gasteiger partial charge is 0.447 e. The average molecular weight is 419 g/mol. The number of aromatic nitrogens is 1. The Morgan fingerprint density at radius 1 is 1.27 bits per heavy atom. The van der Waals surface area contributed by atoms with Gasteiger partial charge in [0.2, 0.25) is 5.89 Å². The molecule has 1 amide bonds. The fourth-order valence-corrected chi connectivity index (χ4v) is 3.35. The number of rotatable bonds is 10. The van der Waals surface area contributed by atoms with Crippen molar-refractivity contribution < 1.29 is 18.3 Å². The maximum atomic E-state index is 13.2. The van der Waals surface area contributed by atoms with E-state index in [1.165, 1.54) is 18.4 Å². The van der Waals surface area contributed by atoms with Crippen molar-refractivity contribution in [1.29, 1.82) is 0 Å². The van der Waals surface area contributed by atoms with E-state index in [9.17, 15) is 9.18 Å². The molecule has 2 aromatic rings. The monoisotopic (exact) mass is 418 g/mol. The van der Waals surface area contributed by atoms with E-state index in [2.05, 4.69) is 33.9 Å². The first-order valence-corrected chi connectivity index (χ1v) is 10.6. The van der Waals surface area contributed by atoms with Crippen LogP contribution in [-0.2, 0) is 17.8 Å². The van der Waals surface area contributed by atoms with Crippen LogP contribution in [0.3, 0.4) is 0 Å². The number of nitrogens with zero attached hydrogens (tertiary/aromatic N) is 3. The Morgan fingerprint density at radius 3 is 2.70 bits per heavy atom. The summed E-state index contributed by atoms with van der Waals surface area (Å²) in [7, 11) is 0. The molecule has 1 aromatic heterocycles. The first-order chi connectivity index (χ1) is 14.5. The Hall–Kier alpha value is -2.29. The molecule has 1 fully saturated rings. The van der Waals surface area contributed by atoms with Crippen LogP contribution < -0.4 is 5.32 Å². The molecule has 164 valence electrons. The molecule has 1 unspecified atom stereocenters. The number of benzene rings is 1. The van der Waals surface area contributed by atoms with Crippen LogP contribution in [0.25, 0.3) is 0 Å². The number of oxazole rings is 1. The lowest BCUT2D eigenvalue weighted by atomic mass is 10.1. The number of amides is 1. The topological polar surface area (TPSA) is 70.8 Å². The fraction of sp³-hybridized carbons (Fsp3) is 0.545. The van der Waals surface area contributed by atoms with E-state index in [0.717, 1.165) is 44.8 Å². The van der Waals surface area contributed by atoms with E-state index >= 15 is 0 Å². The zero-order valence-corrected chi connectivity index (χ0v) is 17.8. The summed E-state index contributed by atoms with van der Waals surface area (Å²) in [6, 6.07) is 6.79. The summed E-state index contributed by atoms with van der Waals surface area (Å²) < 4.78 is 24.1. The van der Waals surface area contributed by atoms with Crippen LogP contribution in [0.15, 0.2) is 34.9 Å². The van der Waals surface area contributed by atoms with Gasteiger partial charge in [0.1, 0.15) is 12.1 Å². The molecule has 0 saturated carbocycles. The van der Waals surface area contributed by atoms with Crippen LogP contribution in [-0.4, -0.2) is 66.1 Å². The second-order valence-electron chi connectivity index (χ2n) is 7.63. The van der Waals surface area contributed by atoms with Crippen molar-refractivity contribution in [3.05, 3.63) is 53.5 Å². The third-order valence-electron chi connectivity index (χ3n) is 5.45. The molecule has 1 saturated heterocycles. The first-order valence-electron chi connectivity index (χ1n) is 10.6. The molecule has 1 atom stereocenters. The molecule has 7 nitrogen and oxygen atoms in total. The Labute approximate surface area is 177 Å². The van der Waals surface area contributed by atoms with Crippen LogP contribution >= 0.6 is 0 Å². The first kappa shape index (κ1) is 22.4. The Bertz CT molecular complexity index is 790. The van der Waals surface area contributed by atoms with Gasteiger partial charge in [-0.1, -0.05) is 19.1 Å². The molecule has 0 aliphatic carbocycles. The molecule has 0 bridgehead atoms. The van der Waals surface area contributed by atoms with Gasteiger partial charge in [-0.15, -0.1) is 0 Å². The minimum absolute atomic E-state index is 0.230. The van der Waals surface area contributed by atoms with Crippen LogP contribution in [0.1, 0.15) is 42.2 Å². The minimum Gasteiger partial charge on any atom is -0.447 e. The summed E-state index contributed by atoms with van der Waals surface area (Å²) >= 11 is 0. The van der Waals surface area contributed by atoms with Gasteiger partial charge in [-0.3, -0.25) is 14.6 Å². The summed E-state index contributed by atoms with van der Waals surface area (Å²) in [5.41, 5.74) is 1.31. The quantitative estimate of drug-likeness (QED) is 0.640. The molecule has 3 rings (SSSR count). The van der Waals surface area contributed by atoms with Gasteiger partial charge in [0.25, 0.3) is 5.91 Å². The van der Waals surface area contributed by atoms with Gasteiger partial charge in [0.05, 0.1) is 19.8 Å². The van der Waals surface area contributed by atoms with Gasteiger partial charge in [0, 0.05) is 38.8 Å². The van der Waals surface area contributed by atoms with Crippen LogP contribution in [0.4, 0.5) is 4.39 Å². The molecule has 1 aromatic carbocycles. The number of morpholine rings is 1. The Balaban J connectivity index is 1.53. The number of halogens is 1. The molecule has 1 aliphatic heterocycles. The van der Waals surface area contributed by atoms with E-state index in [1.807, 2.05) is 0 Å². The molecule has 30 heavy (non-hydrogen) atoms. The summed E-state index contributed by atoms with van der Waals surface area (Å²) in [6.07, 6.45) is 2.36. The van der Waals surface area contributed by atoms with E-state index in [1.54, 1.807) is 12.1 Å². The molecule has 0 spiro atoms. The normalized spacial score (nSPS) is 16.0. The number of carbonyl (C=O) groups excluding carboxylic acids is 1. The fourth-order valence-electron chi connectivity index (χ4n) is 3.35. The molecular weight excluding hydrogens is 387 g/mol. The third kappa shape index (κ3) is 6.62. The lowest BCUT2D eigenvalue weighted by molar-refractivity contribution is 0.0383. The summed E-state index contributed by atoms with van der Waals surface area (Å²) in [5, 5.41) is 2.90. The standard InChI is InChI=1S/C22H31FN4O3/c1-3-17(2)27(14-18-4-6-19(23)7-5-18)15-21-25-20(16-30-21)22(28)24-8-9-26-10-12-29-13-11-26/h4-7,16-17H,3,8-15H2,1-2H3,(H,24,28). The zero-order valence-electron chi connectivity index (χ0n) is 17.8. The van der Waals surface area contributed by atoms with Crippen LogP contribution in [0.5, 0.6) is 0 Å². The highest BCUT2D eigenvalue weighted by atomic mass is 19.1. The van der Waals surface area contributed by atoms with E-state index in [0.29, 0.717) is 25.5 Å². The SMILES string of the molecule is CCC(C)N(Cc1ccc(F)cc1)Cc1nc(C(=O)NCCN2CCOCC2)co1. The Kier molecular flexibility index (Phi) is 8.36. The van der Waals surface area contributed by atoms with Crippen molar-refractivity contribution in [3.63, 3.8) is 0 Å². The lowest BCUT2D eigenvalue weighted by Gasteiger charge is -2.27. The van der Waals surface area contributed by atoms with E-state index in [4.69, 9.17) is 9.15 Å². The number of hydrogen-bond donors (Lipinski definition) is 1. The average Bonchev–Trinajstić information content (AvgIpc) is 3.23. The highest BCUT2D eigenvalue weighted by Gasteiger charge is 2.19.